The van der Waals surface area contributed by atoms with Crippen LogP contribution in [0.4, 0.5) is 9.59 Å². The summed E-state index contributed by atoms with van der Waals surface area (Å²) in [7, 11) is 0. The van der Waals surface area contributed by atoms with Crippen molar-refractivity contribution in [2.24, 2.45) is 11.5 Å². The van der Waals surface area contributed by atoms with Gasteiger partial charge in [0.25, 0.3) is 0 Å². The number of carboxylic acids is 1. The van der Waals surface area contributed by atoms with Gasteiger partial charge in [-0.25, -0.2) is 9.59 Å². The van der Waals surface area contributed by atoms with Gasteiger partial charge in [-0.2, -0.15) is 0 Å². The number of fused-ring (bicyclic) bond motifs is 2. The summed E-state index contributed by atoms with van der Waals surface area (Å²) in [5.41, 5.74) is 11.0. The second-order valence-electron chi connectivity index (χ2n) is 7.82. The number of carbonyl (C=O) groups excluding carboxylic acids is 4. The highest BCUT2D eigenvalue weighted by molar-refractivity contribution is 6.12. The van der Waals surface area contributed by atoms with Crippen molar-refractivity contribution in [2.75, 3.05) is 13.1 Å². The third-order valence-electron chi connectivity index (χ3n) is 5.11. The number of amides is 2. The van der Waals surface area contributed by atoms with Gasteiger partial charge in [-0.15, -0.1) is 0 Å². The number of aliphatic carboxylic acids is 1. The first-order valence-electron chi connectivity index (χ1n) is 10.6. The van der Waals surface area contributed by atoms with Gasteiger partial charge in [0.15, 0.2) is 28.6 Å². The zero-order chi connectivity index (χ0) is 26.6. The number of nitrogens with one attached hydrogen (secondary N) is 2. The molecule has 0 unspecified atom stereocenters. The van der Waals surface area contributed by atoms with Crippen molar-refractivity contribution < 1.29 is 43.0 Å². The van der Waals surface area contributed by atoms with E-state index in [-0.39, 0.29) is 45.9 Å². The average molecular weight is 500 g/mol. The molecule has 1 aromatic heterocycles. The maximum Gasteiger partial charge on any atom is 0.412 e. The molecule has 0 radical (unpaired) electrons. The van der Waals surface area contributed by atoms with Gasteiger partial charge in [0.1, 0.15) is 11.8 Å². The molecule has 0 aliphatic heterocycles. The van der Waals surface area contributed by atoms with E-state index in [2.05, 4.69) is 10.6 Å². The third-order valence-corrected chi connectivity index (χ3v) is 5.11. The topological polar surface area (TPSA) is 213 Å². The molecule has 3 aromatic rings. The quantitative estimate of drug-likeness (QED) is 0.264. The molecular weight excluding hydrogens is 476 g/mol. The number of furan rings is 1. The molecule has 2 aromatic carbocycles. The Kier molecular flexibility index (Phi) is 7.86. The molecule has 2 amide bonds. The zero-order valence-electron chi connectivity index (χ0n) is 19.3. The number of rotatable bonds is 9. The van der Waals surface area contributed by atoms with Crippen molar-refractivity contribution in [1.82, 2.24) is 10.6 Å². The highest BCUT2D eigenvalue weighted by atomic mass is 16.6. The van der Waals surface area contributed by atoms with Crippen molar-refractivity contribution >= 4 is 51.5 Å². The molecule has 13 heteroatoms. The molecule has 0 saturated carbocycles. The van der Waals surface area contributed by atoms with Gasteiger partial charge >= 0.3 is 18.2 Å². The van der Waals surface area contributed by atoms with Crippen molar-refractivity contribution in [3.63, 3.8) is 0 Å². The fourth-order valence-electron chi connectivity index (χ4n) is 3.13. The Bertz CT molecular complexity index is 1270. The average Bonchev–Trinajstić information content (AvgIpc) is 3.28. The first kappa shape index (κ1) is 26.1. The first-order valence-corrected chi connectivity index (χ1v) is 10.6. The van der Waals surface area contributed by atoms with E-state index in [9.17, 15) is 24.0 Å². The van der Waals surface area contributed by atoms with Gasteiger partial charge in [0, 0.05) is 30.8 Å². The molecule has 0 bridgehead atoms. The number of carboxylic acid groups (broad SMARTS) is 1. The molecule has 190 valence electrons. The lowest BCUT2D eigenvalue weighted by Crippen LogP contribution is -2.43. The third kappa shape index (κ3) is 5.76. The monoisotopic (exact) mass is 500 g/mol. The van der Waals surface area contributed by atoms with Gasteiger partial charge in [-0.05, 0) is 13.0 Å². The molecule has 0 aliphatic carbocycles. The van der Waals surface area contributed by atoms with E-state index >= 15 is 0 Å². The van der Waals surface area contributed by atoms with Crippen LogP contribution in [-0.2, 0) is 9.59 Å². The lowest BCUT2D eigenvalue weighted by Gasteiger charge is -2.15. The Morgan fingerprint density at radius 1 is 0.889 bits per heavy atom. The summed E-state index contributed by atoms with van der Waals surface area (Å²) in [4.78, 5) is 59.1. The summed E-state index contributed by atoms with van der Waals surface area (Å²) in [6.07, 6.45) is -1.94. The number of hydrogen-bond donors (Lipinski definition) is 5. The normalized spacial score (nSPS) is 12.6. The van der Waals surface area contributed by atoms with Crippen molar-refractivity contribution in [1.29, 1.82) is 0 Å². The standard InChI is InChI=1S/C23H24N4O9/c1-10(28)15(24)8-26-22(32)35-18-12-5-3-4-6-13(12)19(20-14(18)7-17(34-20)11(2)29)36-23(33)27-9-16(25)21(30)31/h3-7,15-16H,8-9,24-25H2,1-2H3,(H,26,32)(H,27,33)(H,30,31)/t15-,16-/m0/s1. The minimum Gasteiger partial charge on any atom is -0.480 e. The number of ketones is 2. The van der Waals surface area contributed by atoms with Gasteiger partial charge in [0.2, 0.25) is 0 Å². The summed E-state index contributed by atoms with van der Waals surface area (Å²) in [6.45, 7) is 1.97. The highest BCUT2D eigenvalue weighted by Gasteiger charge is 2.25. The lowest BCUT2D eigenvalue weighted by atomic mass is 10.1. The van der Waals surface area contributed by atoms with Crippen LogP contribution < -0.4 is 31.6 Å². The van der Waals surface area contributed by atoms with Crippen LogP contribution in [0.5, 0.6) is 11.5 Å². The number of hydrogen-bond acceptors (Lipinski definition) is 10. The number of nitrogens with two attached hydrogens (primary N) is 2. The van der Waals surface area contributed by atoms with Gasteiger partial charge in [-0.1, -0.05) is 24.3 Å². The van der Waals surface area contributed by atoms with Crippen LogP contribution in [0.15, 0.2) is 34.7 Å². The van der Waals surface area contributed by atoms with Crippen LogP contribution in [0.3, 0.4) is 0 Å². The second kappa shape index (κ2) is 10.8. The Morgan fingerprint density at radius 3 is 1.94 bits per heavy atom. The number of benzene rings is 2. The lowest BCUT2D eigenvalue weighted by molar-refractivity contribution is -0.138. The number of Topliss-reactive ketones (excluding diaryl/α,β-unsaturated/α-hetero) is 2. The molecule has 1 heterocycles. The van der Waals surface area contributed by atoms with Crippen LogP contribution in [0, 0.1) is 0 Å². The minimum absolute atomic E-state index is 0.00593. The first-order chi connectivity index (χ1) is 17.0. The summed E-state index contributed by atoms with van der Waals surface area (Å²) in [5.74, 6) is -2.27. The van der Waals surface area contributed by atoms with Crippen LogP contribution in [0.2, 0.25) is 0 Å². The molecule has 3 rings (SSSR count). The number of ether oxygens (including phenoxy) is 2. The Balaban J connectivity index is 2.04. The minimum atomic E-state index is -1.35. The van der Waals surface area contributed by atoms with Crippen molar-refractivity contribution in [3.05, 3.63) is 36.1 Å². The highest BCUT2D eigenvalue weighted by Crippen LogP contribution is 2.44. The molecule has 0 spiro atoms. The summed E-state index contributed by atoms with van der Waals surface area (Å²) in [6, 6.07) is 5.48. The summed E-state index contributed by atoms with van der Waals surface area (Å²) >= 11 is 0. The molecule has 2 atom stereocenters. The van der Waals surface area contributed by atoms with Gasteiger partial charge in [-0.3, -0.25) is 14.4 Å². The van der Waals surface area contributed by atoms with Gasteiger partial charge in [0.05, 0.1) is 11.4 Å². The maximum absolute atomic E-state index is 12.5. The van der Waals surface area contributed by atoms with E-state index in [1.807, 2.05) is 0 Å². The van der Waals surface area contributed by atoms with E-state index in [1.54, 1.807) is 24.3 Å². The summed E-state index contributed by atoms with van der Waals surface area (Å²) in [5, 5.41) is 14.3. The van der Waals surface area contributed by atoms with E-state index in [1.165, 1.54) is 19.9 Å². The Labute approximate surface area is 203 Å². The predicted molar refractivity (Wildman–Crippen MR) is 126 cm³/mol. The maximum atomic E-state index is 12.5. The van der Waals surface area contributed by atoms with E-state index in [4.69, 9.17) is 30.5 Å². The van der Waals surface area contributed by atoms with E-state index in [0.29, 0.717) is 5.39 Å². The van der Waals surface area contributed by atoms with Gasteiger partial charge < -0.3 is 41.1 Å². The molecule has 0 fully saturated rings. The molecular formula is C23H24N4O9. The van der Waals surface area contributed by atoms with Crippen LogP contribution in [-0.4, -0.2) is 60.0 Å². The zero-order valence-corrected chi connectivity index (χ0v) is 19.3. The summed E-state index contributed by atoms with van der Waals surface area (Å²) < 4.78 is 16.6. The fraction of sp³-hybridized carbons (Fsp3) is 0.261. The Hall–Kier alpha value is -4.49. The van der Waals surface area contributed by atoms with Crippen molar-refractivity contribution in [3.8, 4) is 11.5 Å². The molecule has 13 nitrogen and oxygen atoms in total. The van der Waals surface area contributed by atoms with Crippen molar-refractivity contribution in [2.45, 2.75) is 25.9 Å². The van der Waals surface area contributed by atoms with E-state index < -0.39 is 42.6 Å². The number of carbonyl (C=O) groups is 5. The molecule has 7 N–H and O–H groups in total. The second-order valence-corrected chi connectivity index (χ2v) is 7.82. The SMILES string of the molecule is CC(=O)c1cc2c(OC(=O)NC[C@H](N)C(C)=O)c3ccccc3c(OC(=O)NC[C@H](N)C(=O)O)c2o1. The van der Waals surface area contributed by atoms with Crippen LogP contribution in [0.25, 0.3) is 21.7 Å². The molecule has 0 aliphatic rings. The Morgan fingerprint density at radius 2 is 1.42 bits per heavy atom. The van der Waals surface area contributed by atoms with Crippen LogP contribution in [0.1, 0.15) is 24.4 Å². The fourth-order valence-corrected chi connectivity index (χ4v) is 3.13. The van der Waals surface area contributed by atoms with Crippen LogP contribution >= 0.6 is 0 Å². The largest absolute Gasteiger partial charge is 0.480 e. The smallest absolute Gasteiger partial charge is 0.412 e. The molecule has 0 saturated heterocycles. The van der Waals surface area contributed by atoms with E-state index in [0.717, 1.165) is 0 Å². The predicted octanol–water partition coefficient (Wildman–Crippen LogP) is 1.29. The molecule has 36 heavy (non-hydrogen) atoms.